The lowest BCUT2D eigenvalue weighted by molar-refractivity contribution is 0.178. The van der Waals surface area contributed by atoms with Crippen LogP contribution in [0.3, 0.4) is 0 Å². The smallest absolute Gasteiger partial charge is 0.295 e. The summed E-state index contributed by atoms with van der Waals surface area (Å²) in [6, 6.07) is 5.95. The fourth-order valence-electron chi connectivity index (χ4n) is 2.48. The molecule has 1 aliphatic carbocycles. The molecule has 3 rings (SSSR count). The number of nitrogens with zero attached hydrogens (tertiary/aromatic N) is 1. The highest BCUT2D eigenvalue weighted by atomic mass is 16.4. The second kappa shape index (κ2) is 4.49. The number of anilines is 2. The van der Waals surface area contributed by atoms with Gasteiger partial charge in [-0.15, -0.1) is 0 Å². The molecule has 2 unspecified atom stereocenters. The number of hydrogen-bond acceptors (Lipinski definition) is 5. The molecule has 5 nitrogen and oxygen atoms in total. The molecule has 1 aromatic carbocycles. The summed E-state index contributed by atoms with van der Waals surface area (Å²) in [5.74, 6) is 0.500. The number of aromatic nitrogens is 1. The molecule has 1 fully saturated rings. The second-order valence-corrected chi connectivity index (χ2v) is 4.96. The third-order valence-electron chi connectivity index (χ3n) is 3.47. The number of aliphatic hydroxyl groups is 1. The molecule has 5 heteroatoms. The van der Waals surface area contributed by atoms with E-state index in [1.54, 1.807) is 6.07 Å². The number of nitrogens with two attached hydrogens (primary N) is 1. The van der Waals surface area contributed by atoms with E-state index in [2.05, 4.69) is 10.3 Å². The van der Waals surface area contributed by atoms with E-state index in [0.29, 0.717) is 23.2 Å². The summed E-state index contributed by atoms with van der Waals surface area (Å²) in [5, 5.41) is 12.6. The van der Waals surface area contributed by atoms with Gasteiger partial charge in [0.2, 0.25) is 0 Å². The Kier molecular flexibility index (Phi) is 2.83. The number of benzene rings is 1. The summed E-state index contributed by atoms with van der Waals surface area (Å²) in [6.07, 6.45) is 2.68. The minimum absolute atomic E-state index is 0.139. The maximum Gasteiger partial charge on any atom is 0.295 e. The first-order chi connectivity index (χ1) is 8.70. The zero-order valence-electron chi connectivity index (χ0n) is 10.1. The van der Waals surface area contributed by atoms with Gasteiger partial charge in [0.25, 0.3) is 6.01 Å². The number of nitrogen functional groups attached to an aromatic ring is 1. The van der Waals surface area contributed by atoms with E-state index < -0.39 is 0 Å². The topological polar surface area (TPSA) is 84.3 Å². The molecule has 4 N–H and O–H groups in total. The molecule has 0 amide bonds. The van der Waals surface area contributed by atoms with Crippen molar-refractivity contribution >= 4 is 22.8 Å². The number of oxazole rings is 1. The van der Waals surface area contributed by atoms with E-state index in [4.69, 9.17) is 10.2 Å². The molecule has 0 saturated heterocycles. The van der Waals surface area contributed by atoms with Crippen LogP contribution in [0.4, 0.5) is 11.7 Å². The molecule has 1 saturated carbocycles. The normalized spacial score (nSPS) is 23.6. The highest BCUT2D eigenvalue weighted by Crippen LogP contribution is 2.26. The van der Waals surface area contributed by atoms with Crippen molar-refractivity contribution in [2.45, 2.75) is 25.4 Å². The van der Waals surface area contributed by atoms with Gasteiger partial charge in [0.05, 0.1) is 6.10 Å². The number of hydrogen-bond donors (Lipinski definition) is 3. The average Bonchev–Trinajstić information content (AvgIpc) is 2.92. The summed E-state index contributed by atoms with van der Waals surface area (Å²) in [5.41, 5.74) is 7.86. The van der Waals surface area contributed by atoms with Gasteiger partial charge < -0.3 is 20.6 Å². The van der Waals surface area contributed by atoms with E-state index in [1.165, 1.54) is 0 Å². The zero-order chi connectivity index (χ0) is 12.5. The van der Waals surface area contributed by atoms with Crippen LogP contribution in [0.25, 0.3) is 11.1 Å². The monoisotopic (exact) mass is 247 g/mol. The van der Waals surface area contributed by atoms with Crippen molar-refractivity contribution in [1.29, 1.82) is 0 Å². The van der Waals surface area contributed by atoms with E-state index >= 15 is 0 Å². The number of aliphatic hydroxyl groups excluding tert-OH is 1. The molecule has 0 spiro atoms. The quantitative estimate of drug-likeness (QED) is 0.722. The Bertz CT molecular complexity index is 552. The Morgan fingerprint density at radius 3 is 3.11 bits per heavy atom. The molecule has 2 aromatic rings. The van der Waals surface area contributed by atoms with Gasteiger partial charge in [-0.3, -0.25) is 0 Å². The third-order valence-corrected chi connectivity index (χ3v) is 3.47. The fraction of sp³-hybridized carbons (Fsp3) is 0.462. The lowest BCUT2D eigenvalue weighted by Crippen LogP contribution is -2.12. The van der Waals surface area contributed by atoms with E-state index in [-0.39, 0.29) is 6.10 Å². The number of fused-ring (bicyclic) bond motifs is 1. The van der Waals surface area contributed by atoms with Gasteiger partial charge in [-0.25, -0.2) is 0 Å². The highest BCUT2D eigenvalue weighted by molar-refractivity contribution is 5.78. The van der Waals surface area contributed by atoms with Crippen molar-refractivity contribution in [3.8, 4) is 0 Å². The maximum absolute atomic E-state index is 9.46. The first-order valence-electron chi connectivity index (χ1n) is 6.29. The van der Waals surface area contributed by atoms with Crippen LogP contribution in [0.1, 0.15) is 19.3 Å². The molecule has 2 atom stereocenters. The largest absolute Gasteiger partial charge is 0.423 e. The molecule has 0 bridgehead atoms. The van der Waals surface area contributed by atoms with E-state index in [9.17, 15) is 5.11 Å². The van der Waals surface area contributed by atoms with Gasteiger partial charge in [0, 0.05) is 18.3 Å². The lowest BCUT2D eigenvalue weighted by atomic mass is 10.1. The zero-order valence-corrected chi connectivity index (χ0v) is 10.1. The molecular weight excluding hydrogens is 230 g/mol. The van der Waals surface area contributed by atoms with Crippen LogP contribution in [0, 0.1) is 5.92 Å². The van der Waals surface area contributed by atoms with Crippen LogP contribution in [-0.4, -0.2) is 22.7 Å². The lowest BCUT2D eigenvalue weighted by Gasteiger charge is -2.08. The van der Waals surface area contributed by atoms with Gasteiger partial charge >= 0.3 is 0 Å². The Morgan fingerprint density at radius 2 is 2.33 bits per heavy atom. The van der Waals surface area contributed by atoms with Crippen molar-refractivity contribution in [3.63, 3.8) is 0 Å². The van der Waals surface area contributed by atoms with Crippen LogP contribution in [0.2, 0.25) is 0 Å². The minimum Gasteiger partial charge on any atom is -0.423 e. The van der Waals surface area contributed by atoms with E-state index in [0.717, 1.165) is 31.3 Å². The molecule has 1 heterocycles. The molecule has 96 valence electrons. The van der Waals surface area contributed by atoms with Gasteiger partial charge in [0.15, 0.2) is 5.58 Å². The SMILES string of the molecule is Nc1ccc2nc(NCC3CCC(O)C3)oc2c1. The highest BCUT2D eigenvalue weighted by Gasteiger charge is 2.22. The minimum atomic E-state index is -0.139. The number of nitrogens with one attached hydrogen (secondary N) is 1. The van der Waals surface area contributed by atoms with E-state index in [1.807, 2.05) is 12.1 Å². The summed E-state index contributed by atoms with van der Waals surface area (Å²) in [7, 11) is 0. The summed E-state index contributed by atoms with van der Waals surface area (Å²) in [6.45, 7) is 0.791. The van der Waals surface area contributed by atoms with Crippen molar-refractivity contribution in [3.05, 3.63) is 18.2 Å². The van der Waals surface area contributed by atoms with Crippen LogP contribution >= 0.6 is 0 Å². The van der Waals surface area contributed by atoms with Gasteiger partial charge in [-0.05, 0) is 37.3 Å². The Hall–Kier alpha value is -1.75. The first-order valence-corrected chi connectivity index (χ1v) is 6.29. The maximum atomic E-state index is 9.46. The van der Waals surface area contributed by atoms with Crippen LogP contribution in [-0.2, 0) is 0 Å². The standard InChI is InChI=1S/C13H17N3O2/c14-9-2-4-11-12(6-9)18-13(16-11)15-7-8-1-3-10(17)5-8/h2,4,6,8,10,17H,1,3,5,7,14H2,(H,15,16). The van der Waals surface area contributed by atoms with Gasteiger partial charge in [-0.2, -0.15) is 4.98 Å². The van der Waals surface area contributed by atoms with Crippen molar-refractivity contribution in [2.24, 2.45) is 5.92 Å². The van der Waals surface area contributed by atoms with Crippen LogP contribution in [0.15, 0.2) is 22.6 Å². The van der Waals surface area contributed by atoms with Crippen molar-refractivity contribution in [2.75, 3.05) is 17.6 Å². The third kappa shape index (κ3) is 2.26. The van der Waals surface area contributed by atoms with Crippen molar-refractivity contribution < 1.29 is 9.52 Å². The van der Waals surface area contributed by atoms with Gasteiger partial charge in [-0.1, -0.05) is 0 Å². The Morgan fingerprint density at radius 1 is 1.44 bits per heavy atom. The molecule has 18 heavy (non-hydrogen) atoms. The first kappa shape index (κ1) is 11.3. The second-order valence-electron chi connectivity index (χ2n) is 4.96. The van der Waals surface area contributed by atoms with Gasteiger partial charge in [0.1, 0.15) is 5.52 Å². The predicted molar refractivity (Wildman–Crippen MR) is 70.3 cm³/mol. The fourth-order valence-corrected chi connectivity index (χ4v) is 2.48. The summed E-state index contributed by atoms with van der Waals surface area (Å²) < 4.78 is 5.57. The summed E-state index contributed by atoms with van der Waals surface area (Å²) in [4.78, 5) is 4.34. The number of rotatable bonds is 3. The van der Waals surface area contributed by atoms with Crippen molar-refractivity contribution in [1.82, 2.24) is 4.98 Å². The molecule has 1 aromatic heterocycles. The Balaban J connectivity index is 1.67. The van der Waals surface area contributed by atoms with Crippen LogP contribution in [0.5, 0.6) is 0 Å². The molecule has 0 aliphatic heterocycles. The Labute approximate surface area is 105 Å². The average molecular weight is 247 g/mol. The molecular formula is C13H17N3O2. The summed E-state index contributed by atoms with van der Waals surface area (Å²) >= 11 is 0. The molecule has 1 aliphatic rings. The van der Waals surface area contributed by atoms with Crippen LogP contribution < -0.4 is 11.1 Å². The predicted octanol–water partition coefficient (Wildman–Crippen LogP) is 1.98. The molecule has 0 radical (unpaired) electrons.